The lowest BCUT2D eigenvalue weighted by molar-refractivity contribution is 0.202. The van der Waals surface area contributed by atoms with Crippen LogP contribution in [-0.4, -0.2) is 23.4 Å². The minimum atomic E-state index is 0.353. The van der Waals surface area contributed by atoms with E-state index in [-0.39, 0.29) is 0 Å². The molecule has 2 aliphatic rings. The number of nitrogens with zero attached hydrogens (tertiary/aromatic N) is 2. The molecule has 0 aromatic carbocycles. The van der Waals surface area contributed by atoms with Crippen molar-refractivity contribution in [3.63, 3.8) is 0 Å². The van der Waals surface area contributed by atoms with Gasteiger partial charge in [-0.3, -0.25) is 0 Å². The Morgan fingerprint density at radius 2 is 2.07 bits per heavy atom. The molecule has 3 atom stereocenters. The van der Waals surface area contributed by atoms with Crippen LogP contribution in [0.25, 0.3) is 0 Å². The summed E-state index contributed by atoms with van der Waals surface area (Å²) in [7, 11) is 0. The molecule has 0 spiro atoms. The first-order valence-corrected chi connectivity index (χ1v) is 6.19. The molecule has 0 radical (unpaired) electrons. The van der Waals surface area contributed by atoms with E-state index >= 15 is 0 Å². The van der Waals surface area contributed by atoms with E-state index in [1.807, 2.05) is 0 Å². The van der Waals surface area contributed by atoms with Crippen molar-refractivity contribution in [1.29, 1.82) is 0 Å². The fourth-order valence-electron chi connectivity index (χ4n) is 3.37. The second-order valence-electron chi connectivity index (χ2n) is 4.74. The van der Waals surface area contributed by atoms with E-state index in [2.05, 4.69) is 44.7 Å². The van der Waals surface area contributed by atoms with Gasteiger partial charge in [0.05, 0.1) is 23.4 Å². The van der Waals surface area contributed by atoms with Crippen molar-refractivity contribution < 1.29 is 0 Å². The van der Waals surface area contributed by atoms with Crippen LogP contribution in [0.1, 0.15) is 25.7 Å². The molecule has 15 heavy (non-hydrogen) atoms. The molecule has 80 valence electrons. The normalized spacial score (nSPS) is 37.1. The maximum atomic E-state index is 4.65. The van der Waals surface area contributed by atoms with Crippen LogP contribution >= 0.6 is 24.4 Å². The van der Waals surface area contributed by atoms with Crippen molar-refractivity contribution in [3.05, 3.63) is 0 Å². The Hall–Kier alpha value is -0.400. The van der Waals surface area contributed by atoms with Gasteiger partial charge in [-0.15, -0.1) is 0 Å². The molecular formula is C11H14N2S2. The molecule has 0 aliphatic heterocycles. The van der Waals surface area contributed by atoms with Crippen LogP contribution < -0.4 is 0 Å². The van der Waals surface area contributed by atoms with Crippen molar-refractivity contribution >= 4 is 34.8 Å². The minimum Gasteiger partial charge on any atom is -0.232 e. The number of aliphatic imine (C=N–C) groups is 2. The molecule has 2 saturated carbocycles. The Kier molecular flexibility index (Phi) is 3.42. The first kappa shape index (κ1) is 11.1. The molecule has 3 unspecified atom stereocenters. The predicted octanol–water partition coefficient (Wildman–Crippen LogP) is 3.00. The fourth-order valence-corrected chi connectivity index (χ4v) is 3.51. The topological polar surface area (TPSA) is 24.7 Å². The molecular weight excluding hydrogens is 224 g/mol. The lowest BCUT2D eigenvalue weighted by Gasteiger charge is -2.32. The van der Waals surface area contributed by atoms with Crippen LogP contribution in [0.4, 0.5) is 0 Å². The largest absolute Gasteiger partial charge is 0.232 e. The molecule has 0 aromatic heterocycles. The number of isothiocyanates is 2. The van der Waals surface area contributed by atoms with E-state index < -0.39 is 0 Å². The number of hydrogen-bond donors (Lipinski definition) is 0. The summed E-state index contributed by atoms with van der Waals surface area (Å²) in [6, 6.07) is 0. The summed E-state index contributed by atoms with van der Waals surface area (Å²) in [5, 5.41) is 4.96. The van der Waals surface area contributed by atoms with Crippen LogP contribution in [0, 0.1) is 17.3 Å². The van der Waals surface area contributed by atoms with E-state index in [0.29, 0.717) is 11.3 Å². The second kappa shape index (κ2) is 4.63. The molecule has 0 amide bonds. The summed E-state index contributed by atoms with van der Waals surface area (Å²) in [5.41, 5.74) is 0.353. The third kappa shape index (κ3) is 2.09. The molecule has 0 saturated heterocycles. The Morgan fingerprint density at radius 3 is 2.73 bits per heavy atom. The zero-order valence-electron chi connectivity index (χ0n) is 8.61. The van der Waals surface area contributed by atoms with E-state index in [4.69, 9.17) is 0 Å². The molecule has 4 heteroatoms. The first-order valence-electron chi connectivity index (χ1n) is 5.38. The van der Waals surface area contributed by atoms with Gasteiger partial charge in [-0.2, -0.15) is 0 Å². The predicted molar refractivity (Wildman–Crippen MR) is 67.7 cm³/mol. The van der Waals surface area contributed by atoms with Crippen molar-refractivity contribution in [2.45, 2.75) is 25.7 Å². The standard InChI is InChI=1S/C11H14N2S2/c14-7-12-5-10-3-9-1-2-11(10,4-9)6-13-8-15/h9-10H,1-6H2. The lowest BCUT2D eigenvalue weighted by Crippen LogP contribution is -2.30. The number of thiocarbonyl (C=S) groups is 2. The van der Waals surface area contributed by atoms with Gasteiger partial charge in [0.1, 0.15) is 0 Å². The molecule has 0 aromatic rings. The third-order valence-electron chi connectivity index (χ3n) is 4.06. The van der Waals surface area contributed by atoms with E-state index in [1.165, 1.54) is 25.7 Å². The summed E-state index contributed by atoms with van der Waals surface area (Å²) in [6.45, 7) is 1.66. The van der Waals surface area contributed by atoms with Crippen molar-refractivity contribution in [2.75, 3.05) is 13.1 Å². The molecule has 2 rings (SSSR count). The van der Waals surface area contributed by atoms with Gasteiger partial charge in [0.25, 0.3) is 0 Å². The second-order valence-corrected chi connectivity index (χ2v) is 5.11. The summed E-state index contributed by atoms with van der Waals surface area (Å²) in [6.07, 6.45) is 5.21. The maximum absolute atomic E-state index is 4.65. The molecule has 0 N–H and O–H groups in total. The van der Waals surface area contributed by atoms with Crippen molar-refractivity contribution in [2.24, 2.45) is 27.2 Å². The number of rotatable bonds is 4. The molecule has 2 nitrogen and oxygen atoms in total. The highest BCUT2D eigenvalue weighted by molar-refractivity contribution is 7.78. The lowest BCUT2D eigenvalue weighted by atomic mass is 9.75. The highest BCUT2D eigenvalue weighted by atomic mass is 32.1. The van der Waals surface area contributed by atoms with E-state index in [1.54, 1.807) is 0 Å². The van der Waals surface area contributed by atoms with Crippen LogP contribution in [0.3, 0.4) is 0 Å². The van der Waals surface area contributed by atoms with Gasteiger partial charge in [0, 0.05) is 0 Å². The Labute approximate surface area is 101 Å². The average molecular weight is 238 g/mol. The summed E-state index contributed by atoms with van der Waals surface area (Å²) in [5.74, 6) is 1.52. The zero-order valence-corrected chi connectivity index (χ0v) is 10.2. The monoisotopic (exact) mass is 238 g/mol. The van der Waals surface area contributed by atoms with E-state index in [9.17, 15) is 0 Å². The average Bonchev–Trinajstić information content (AvgIpc) is 2.81. The minimum absolute atomic E-state index is 0.353. The molecule has 2 bridgehead atoms. The first-order chi connectivity index (χ1) is 7.30. The highest BCUT2D eigenvalue weighted by Gasteiger charge is 2.51. The quantitative estimate of drug-likeness (QED) is 0.555. The maximum Gasteiger partial charge on any atom is 0.0585 e. The van der Waals surface area contributed by atoms with Crippen LogP contribution in [0.2, 0.25) is 0 Å². The van der Waals surface area contributed by atoms with Crippen LogP contribution in [-0.2, 0) is 0 Å². The summed E-state index contributed by atoms with van der Waals surface area (Å²) in [4.78, 5) is 8.26. The Balaban J connectivity index is 2.10. The number of hydrogen-bond acceptors (Lipinski definition) is 4. The van der Waals surface area contributed by atoms with Crippen molar-refractivity contribution in [3.8, 4) is 0 Å². The van der Waals surface area contributed by atoms with Gasteiger partial charge in [0.15, 0.2) is 0 Å². The summed E-state index contributed by atoms with van der Waals surface area (Å²) >= 11 is 9.28. The van der Waals surface area contributed by atoms with Gasteiger partial charge in [-0.05, 0) is 67.4 Å². The Morgan fingerprint density at radius 1 is 1.27 bits per heavy atom. The fraction of sp³-hybridized carbons (Fsp3) is 0.818. The molecule has 0 heterocycles. The van der Waals surface area contributed by atoms with Gasteiger partial charge < -0.3 is 0 Å². The van der Waals surface area contributed by atoms with Crippen molar-refractivity contribution in [1.82, 2.24) is 0 Å². The molecule has 2 aliphatic carbocycles. The van der Waals surface area contributed by atoms with Gasteiger partial charge in [0.2, 0.25) is 0 Å². The van der Waals surface area contributed by atoms with Gasteiger partial charge in [-0.1, -0.05) is 0 Å². The highest BCUT2D eigenvalue weighted by Crippen LogP contribution is 2.57. The summed E-state index contributed by atoms with van der Waals surface area (Å²) < 4.78 is 0. The Bertz CT molecular complexity index is 342. The van der Waals surface area contributed by atoms with Crippen LogP contribution in [0.5, 0.6) is 0 Å². The van der Waals surface area contributed by atoms with E-state index in [0.717, 1.165) is 19.0 Å². The van der Waals surface area contributed by atoms with Gasteiger partial charge in [-0.25, -0.2) is 9.98 Å². The zero-order chi connectivity index (χ0) is 10.7. The van der Waals surface area contributed by atoms with Crippen LogP contribution in [0.15, 0.2) is 9.98 Å². The van der Waals surface area contributed by atoms with Gasteiger partial charge >= 0.3 is 0 Å². The number of fused-ring (bicyclic) bond motifs is 2. The third-order valence-corrected chi connectivity index (χ3v) is 4.32. The SMILES string of the molecule is S=C=NCC1CC2CCC1(CN=C=S)C2. The smallest absolute Gasteiger partial charge is 0.0585 e. The molecule has 2 fully saturated rings.